The number of benzene rings is 3. The Morgan fingerprint density at radius 3 is 2.47 bits per heavy atom. The van der Waals surface area contributed by atoms with E-state index in [0.717, 1.165) is 28.6 Å². The first-order valence-electron chi connectivity index (χ1n) is 11.4. The maximum Gasteiger partial charge on any atom is 0.280 e. The third-order valence-corrected chi connectivity index (χ3v) is 8.79. The van der Waals surface area contributed by atoms with Crippen molar-refractivity contribution in [1.29, 1.82) is 0 Å². The number of hydrogen-bond acceptors (Lipinski definition) is 7. The number of sulfonamides is 1. The first-order chi connectivity index (χ1) is 17.5. The molecule has 0 spiro atoms. The minimum atomic E-state index is -3.57. The van der Waals surface area contributed by atoms with Crippen molar-refractivity contribution in [2.24, 2.45) is 5.10 Å². The number of fused-ring (bicyclic) bond motifs is 1. The van der Waals surface area contributed by atoms with Gasteiger partial charge in [-0.2, -0.15) is 14.4 Å². The van der Waals surface area contributed by atoms with Gasteiger partial charge >= 0.3 is 0 Å². The van der Waals surface area contributed by atoms with Crippen LogP contribution in [0.1, 0.15) is 28.8 Å². The molecule has 0 radical (unpaired) electrons. The number of methoxy groups -OCH3 is 1. The number of carbonyl (C=O) groups is 1. The third-order valence-electron chi connectivity index (χ3n) is 5.88. The molecule has 0 bridgehead atoms. The van der Waals surface area contributed by atoms with Crippen molar-refractivity contribution in [2.45, 2.75) is 17.7 Å². The minimum Gasteiger partial charge on any atom is -0.497 e. The van der Waals surface area contributed by atoms with Crippen LogP contribution in [0.25, 0.3) is 10.2 Å². The Kier molecular flexibility index (Phi) is 6.82. The summed E-state index contributed by atoms with van der Waals surface area (Å²) in [5.41, 5.74) is 1.85. The van der Waals surface area contributed by atoms with Gasteiger partial charge in [0.2, 0.25) is 15.2 Å². The van der Waals surface area contributed by atoms with Crippen LogP contribution in [-0.2, 0) is 10.0 Å². The van der Waals surface area contributed by atoms with E-state index in [9.17, 15) is 13.2 Å². The number of amides is 1. The molecule has 4 aromatic rings. The molecule has 0 atom stereocenters. The maximum absolute atomic E-state index is 13.6. The zero-order chi connectivity index (χ0) is 25.1. The molecule has 1 aromatic heterocycles. The van der Waals surface area contributed by atoms with E-state index in [1.807, 2.05) is 48.5 Å². The summed E-state index contributed by atoms with van der Waals surface area (Å²) in [6.07, 6.45) is 3.31. The van der Waals surface area contributed by atoms with Crippen LogP contribution < -0.4 is 9.75 Å². The SMILES string of the molecule is COc1ccc2nc(N(/N=C/c3ccccc3)C(=O)c3ccc(S(=O)(=O)N4CCCC4)cc3)sc2c1. The molecule has 0 aliphatic carbocycles. The molecule has 3 aromatic carbocycles. The van der Waals surface area contributed by atoms with Crippen LogP contribution in [0.2, 0.25) is 0 Å². The van der Waals surface area contributed by atoms with Crippen LogP contribution >= 0.6 is 11.3 Å². The highest BCUT2D eigenvalue weighted by atomic mass is 32.2. The van der Waals surface area contributed by atoms with Crippen LogP contribution in [0.4, 0.5) is 5.13 Å². The minimum absolute atomic E-state index is 0.173. The molecule has 8 nitrogen and oxygen atoms in total. The van der Waals surface area contributed by atoms with E-state index < -0.39 is 15.9 Å². The van der Waals surface area contributed by atoms with Crippen molar-refractivity contribution in [2.75, 3.05) is 25.2 Å². The van der Waals surface area contributed by atoms with Gasteiger partial charge in [-0.25, -0.2) is 13.4 Å². The molecule has 1 amide bonds. The lowest BCUT2D eigenvalue weighted by Gasteiger charge is -2.16. The molecule has 1 saturated heterocycles. The Morgan fingerprint density at radius 2 is 1.78 bits per heavy atom. The van der Waals surface area contributed by atoms with E-state index in [4.69, 9.17) is 4.74 Å². The molecule has 10 heteroatoms. The topological polar surface area (TPSA) is 92.2 Å². The van der Waals surface area contributed by atoms with Gasteiger partial charge in [-0.3, -0.25) is 4.79 Å². The molecule has 184 valence electrons. The average molecular weight is 521 g/mol. The summed E-state index contributed by atoms with van der Waals surface area (Å²) in [7, 11) is -1.97. The average Bonchev–Trinajstić information content (AvgIpc) is 3.60. The smallest absolute Gasteiger partial charge is 0.280 e. The Morgan fingerprint density at radius 1 is 1.06 bits per heavy atom. The van der Waals surface area contributed by atoms with Gasteiger partial charge in [0.25, 0.3) is 5.91 Å². The number of rotatable bonds is 7. The molecule has 0 saturated carbocycles. The van der Waals surface area contributed by atoms with E-state index in [1.165, 1.54) is 44.9 Å². The number of thiazole rings is 1. The lowest BCUT2D eigenvalue weighted by molar-refractivity contribution is 0.0987. The van der Waals surface area contributed by atoms with E-state index >= 15 is 0 Å². The molecule has 36 heavy (non-hydrogen) atoms. The second kappa shape index (κ2) is 10.2. The van der Waals surface area contributed by atoms with E-state index in [1.54, 1.807) is 13.3 Å². The second-order valence-electron chi connectivity index (χ2n) is 8.24. The van der Waals surface area contributed by atoms with Gasteiger partial charge in [0.1, 0.15) is 5.75 Å². The van der Waals surface area contributed by atoms with Crippen molar-refractivity contribution < 1.29 is 17.9 Å². The third kappa shape index (κ3) is 4.88. The van der Waals surface area contributed by atoms with Crippen molar-refractivity contribution in [3.8, 4) is 5.75 Å². The lowest BCUT2D eigenvalue weighted by atomic mass is 10.2. The Balaban J connectivity index is 1.49. The summed E-state index contributed by atoms with van der Waals surface area (Å²) in [6, 6.07) is 20.9. The number of hydrazone groups is 1. The predicted molar refractivity (Wildman–Crippen MR) is 141 cm³/mol. The quantitative estimate of drug-likeness (QED) is 0.259. The van der Waals surface area contributed by atoms with Crippen molar-refractivity contribution in [1.82, 2.24) is 9.29 Å². The summed E-state index contributed by atoms with van der Waals surface area (Å²) >= 11 is 1.31. The number of ether oxygens (including phenoxy) is 1. The van der Waals surface area contributed by atoms with Crippen LogP contribution in [0.5, 0.6) is 5.75 Å². The first kappa shape index (κ1) is 24.1. The zero-order valence-electron chi connectivity index (χ0n) is 19.6. The maximum atomic E-state index is 13.6. The first-order valence-corrected chi connectivity index (χ1v) is 13.7. The lowest BCUT2D eigenvalue weighted by Crippen LogP contribution is -2.28. The fourth-order valence-corrected chi connectivity index (χ4v) is 6.40. The van der Waals surface area contributed by atoms with Crippen molar-refractivity contribution in [3.63, 3.8) is 0 Å². The van der Waals surface area contributed by atoms with E-state index in [0.29, 0.717) is 29.5 Å². The van der Waals surface area contributed by atoms with Crippen LogP contribution in [-0.4, -0.2) is 50.0 Å². The largest absolute Gasteiger partial charge is 0.497 e. The number of aromatic nitrogens is 1. The number of hydrogen-bond donors (Lipinski definition) is 0. The van der Waals surface area contributed by atoms with Gasteiger partial charge in [0.15, 0.2) is 0 Å². The van der Waals surface area contributed by atoms with Gasteiger partial charge in [-0.1, -0.05) is 41.7 Å². The fraction of sp³-hybridized carbons (Fsp3) is 0.192. The standard InChI is InChI=1S/C26H24N4O4S2/c1-34-21-11-14-23-24(17-21)35-26(28-23)30(27-18-19-7-3-2-4-8-19)25(31)20-9-12-22(13-10-20)36(32,33)29-15-5-6-16-29/h2-4,7-14,17-18H,5-6,15-16H2,1H3/b27-18+. The molecule has 2 heterocycles. The number of nitrogens with zero attached hydrogens (tertiary/aromatic N) is 4. The molecule has 1 fully saturated rings. The zero-order valence-corrected chi connectivity index (χ0v) is 21.2. The van der Waals surface area contributed by atoms with Gasteiger partial charge < -0.3 is 4.74 Å². The fourth-order valence-electron chi connectivity index (χ4n) is 3.93. The highest BCUT2D eigenvalue weighted by Gasteiger charge is 2.28. The normalized spacial score (nSPS) is 14.5. The van der Waals surface area contributed by atoms with Gasteiger partial charge in [-0.15, -0.1) is 0 Å². The van der Waals surface area contributed by atoms with Crippen LogP contribution in [0.15, 0.2) is 82.8 Å². The van der Waals surface area contributed by atoms with Crippen molar-refractivity contribution >= 4 is 48.8 Å². The number of anilines is 1. The highest BCUT2D eigenvalue weighted by molar-refractivity contribution is 7.89. The van der Waals surface area contributed by atoms with Gasteiger partial charge in [0.05, 0.1) is 28.4 Å². The highest BCUT2D eigenvalue weighted by Crippen LogP contribution is 2.32. The van der Waals surface area contributed by atoms with E-state index in [-0.39, 0.29) is 4.90 Å². The Labute approximate surface area is 213 Å². The molecule has 1 aliphatic rings. The van der Waals surface area contributed by atoms with Crippen molar-refractivity contribution in [3.05, 3.63) is 83.9 Å². The Bertz CT molecular complexity index is 1510. The van der Waals surface area contributed by atoms with Gasteiger partial charge in [-0.05, 0) is 60.9 Å². The summed E-state index contributed by atoms with van der Waals surface area (Å²) in [5.74, 6) is 0.275. The van der Waals surface area contributed by atoms with Crippen LogP contribution in [0.3, 0.4) is 0 Å². The molecular formula is C26H24N4O4S2. The molecule has 0 unspecified atom stereocenters. The molecule has 0 N–H and O–H groups in total. The van der Waals surface area contributed by atoms with E-state index in [2.05, 4.69) is 10.1 Å². The second-order valence-corrected chi connectivity index (χ2v) is 11.2. The van der Waals surface area contributed by atoms with Crippen LogP contribution in [0, 0.1) is 0 Å². The summed E-state index contributed by atoms with van der Waals surface area (Å²) < 4.78 is 33.4. The molecule has 1 aliphatic heterocycles. The Hall–Kier alpha value is -3.60. The summed E-state index contributed by atoms with van der Waals surface area (Å²) in [4.78, 5) is 18.4. The molecule has 5 rings (SSSR count). The predicted octanol–water partition coefficient (Wildman–Crippen LogP) is 4.77. The number of carbonyl (C=O) groups excluding carboxylic acids is 1. The summed E-state index contributed by atoms with van der Waals surface area (Å²) in [6.45, 7) is 1.04. The van der Waals surface area contributed by atoms with Gasteiger partial charge in [0, 0.05) is 18.7 Å². The monoisotopic (exact) mass is 520 g/mol. The molecular weight excluding hydrogens is 496 g/mol. The summed E-state index contributed by atoms with van der Waals surface area (Å²) in [5, 5.41) is 6.10.